The second-order valence-corrected chi connectivity index (χ2v) is 8.34. The fourth-order valence-electron chi connectivity index (χ4n) is 1.74. The Morgan fingerprint density at radius 1 is 1.08 bits per heavy atom. The molecule has 0 saturated carbocycles. The molecule has 1 nitrogen and oxygen atoms in total. The van der Waals surface area contributed by atoms with Crippen LogP contribution in [-0.4, -0.2) is 34.2 Å². The maximum absolute atomic E-state index is 3.43. The molecule has 68 valence electrons. The summed E-state index contributed by atoms with van der Waals surface area (Å²) >= 11 is -0.280. The summed E-state index contributed by atoms with van der Waals surface area (Å²) in [6.45, 7) is 2.50. The minimum absolute atomic E-state index is 0.280. The third-order valence-corrected chi connectivity index (χ3v) is 7.20. The van der Waals surface area contributed by atoms with Gasteiger partial charge in [-0.3, -0.25) is 0 Å². The summed E-state index contributed by atoms with van der Waals surface area (Å²) in [5.41, 5.74) is 0. The van der Waals surface area contributed by atoms with Crippen LogP contribution in [0.25, 0.3) is 0 Å². The molecule has 13 heavy (non-hydrogen) atoms. The van der Waals surface area contributed by atoms with Gasteiger partial charge in [0.15, 0.2) is 0 Å². The number of hydrogen-bond donors (Lipinski definition) is 1. The monoisotopic (exact) mass is 281 g/mol. The van der Waals surface area contributed by atoms with E-state index in [2.05, 4.69) is 35.6 Å². The predicted octanol–water partition coefficient (Wildman–Crippen LogP) is 1.19. The Hall–Kier alpha value is -0.0213. The first-order valence-corrected chi connectivity index (χ1v) is 8.05. The Bertz CT molecular complexity index is 242. The first-order chi connectivity index (χ1) is 6.45. The molecule has 1 aromatic carbocycles. The number of nitrogens with one attached hydrogen (secondary N) is 1. The first kappa shape index (κ1) is 9.53. The van der Waals surface area contributed by atoms with Crippen LogP contribution in [0.3, 0.4) is 0 Å². The van der Waals surface area contributed by atoms with Gasteiger partial charge in [-0.1, -0.05) is 0 Å². The number of hydrogen-bond acceptors (Lipinski definition) is 1. The average molecular weight is 280 g/mol. The van der Waals surface area contributed by atoms with Crippen LogP contribution < -0.4 is 8.90 Å². The molecule has 0 amide bonds. The van der Waals surface area contributed by atoms with Gasteiger partial charge in [0.25, 0.3) is 0 Å². The number of piperidine rings is 1. The van der Waals surface area contributed by atoms with Crippen LogP contribution in [0.4, 0.5) is 0 Å². The van der Waals surface area contributed by atoms with Gasteiger partial charge in [-0.25, -0.2) is 0 Å². The molecule has 0 aliphatic carbocycles. The zero-order valence-corrected chi connectivity index (χ0v) is 10.6. The van der Waals surface area contributed by atoms with E-state index in [1.807, 2.05) is 0 Å². The van der Waals surface area contributed by atoms with E-state index in [0.29, 0.717) is 0 Å². The zero-order valence-electron chi connectivity index (χ0n) is 7.79. The van der Waals surface area contributed by atoms with E-state index >= 15 is 0 Å². The standard InChI is InChI=1S/C6H5.C5H10N.Sn/c2*1-2-4-6-5-3-1;/h1-5H;1,6H,2-5H2;. The van der Waals surface area contributed by atoms with E-state index < -0.39 is 0 Å². The van der Waals surface area contributed by atoms with Crippen molar-refractivity contribution in [3.05, 3.63) is 30.3 Å². The molecule has 0 bridgehead atoms. The molecular formula is C11H15NSn. The first-order valence-electron chi connectivity index (χ1n) is 4.97. The molecule has 0 spiro atoms. The number of benzene rings is 1. The third-order valence-electron chi connectivity index (χ3n) is 2.48. The fourth-order valence-corrected chi connectivity index (χ4v) is 5.83. The van der Waals surface area contributed by atoms with Gasteiger partial charge in [-0.2, -0.15) is 0 Å². The fraction of sp³-hybridized carbons (Fsp3) is 0.455. The van der Waals surface area contributed by atoms with E-state index in [0.717, 1.165) is 3.93 Å². The van der Waals surface area contributed by atoms with Crippen molar-refractivity contribution in [2.45, 2.75) is 16.8 Å². The normalized spacial score (nSPS) is 18.8. The molecule has 1 fully saturated rings. The van der Waals surface area contributed by atoms with Gasteiger partial charge in [0, 0.05) is 0 Å². The Balaban J connectivity index is 1.90. The Kier molecular flexibility index (Phi) is 3.67. The van der Waals surface area contributed by atoms with Gasteiger partial charge in [-0.05, 0) is 0 Å². The SMILES string of the molecule is c1cc[c]([Sn][CH]2CCNCC2)cc1. The molecule has 0 aromatic heterocycles. The van der Waals surface area contributed by atoms with Gasteiger partial charge >= 0.3 is 90.2 Å². The molecule has 1 saturated heterocycles. The molecule has 1 aromatic rings. The molecule has 2 rings (SSSR count). The van der Waals surface area contributed by atoms with Crippen molar-refractivity contribution in [3.63, 3.8) is 0 Å². The summed E-state index contributed by atoms with van der Waals surface area (Å²) in [7, 11) is 0. The molecule has 0 atom stereocenters. The summed E-state index contributed by atoms with van der Waals surface area (Å²) in [5.74, 6) is 0. The van der Waals surface area contributed by atoms with E-state index in [1.165, 1.54) is 25.9 Å². The van der Waals surface area contributed by atoms with E-state index in [1.54, 1.807) is 3.58 Å². The van der Waals surface area contributed by atoms with Crippen LogP contribution in [0.1, 0.15) is 12.8 Å². The van der Waals surface area contributed by atoms with Crippen molar-refractivity contribution in [2.75, 3.05) is 13.1 Å². The summed E-state index contributed by atoms with van der Waals surface area (Å²) in [6.07, 6.45) is 2.84. The van der Waals surface area contributed by atoms with Gasteiger partial charge in [0.2, 0.25) is 0 Å². The zero-order chi connectivity index (χ0) is 8.93. The van der Waals surface area contributed by atoms with Crippen LogP contribution in [0.15, 0.2) is 30.3 Å². The Morgan fingerprint density at radius 3 is 2.46 bits per heavy atom. The summed E-state index contributed by atoms with van der Waals surface area (Å²) in [5, 5.41) is 3.43. The van der Waals surface area contributed by atoms with Gasteiger partial charge in [0.05, 0.1) is 0 Å². The van der Waals surface area contributed by atoms with Gasteiger partial charge < -0.3 is 0 Å². The minimum atomic E-state index is -0.280. The summed E-state index contributed by atoms with van der Waals surface area (Å²) < 4.78 is 2.74. The van der Waals surface area contributed by atoms with Crippen molar-refractivity contribution >= 4 is 24.7 Å². The molecule has 2 radical (unpaired) electrons. The second-order valence-electron chi connectivity index (χ2n) is 3.53. The van der Waals surface area contributed by atoms with Crippen LogP contribution in [-0.2, 0) is 0 Å². The van der Waals surface area contributed by atoms with E-state index in [-0.39, 0.29) is 21.1 Å². The maximum atomic E-state index is 3.43. The van der Waals surface area contributed by atoms with Crippen molar-refractivity contribution < 1.29 is 0 Å². The Labute approximate surface area is 90.1 Å². The quantitative estimate of drug-likeness (QED) is 0.802. The van der Waals surface area contributed by atoms with Crippen molar-refractivity contribution in [3.8, 4) is 0 Å². The molecule has 0 unspecified atom stereocenters. The molecule has 1 heterocycles. The predicted molar refractivity (Wildman–Crippen MR) is 57.7 cm³/mol. The van der Waals surface area contributed by atoms with Crippen LogP contribution >= 0.6 is 0 Å². The van der Waals surface area contributed by atoms with Crippen LogP contribution in [0.5, 0.6) is 0 Å². The number of rotatable bonds is 2. The molecule has 1 N–H and O–H groups in total. The van der Waals surface area contributed by atoms with Crippen LogP contribution in [0.2, 0.25) is 3.93 Å². The van der Waals surface area contributed by atoms with Crippen molar-refractivity contribution in [1.29, 1.82) is 0 Å². The molecule has 2 heteroatoms. The summed E-state index contributed by atoms with van der Waals surface area (Å²) in [6, 6.07) is 11.1. The molecule has 1 aliphatic rings. The molecular weight excluding hydrogens is 265 g/mol. The average Bonchev–Trinajstić information content (AvgIpc) is 2.21. The topological polar surface area (TPSA) is 12.0 Å². The van der Waals surface area contributed by atoms with E-state index in [9.17, 15) is 0 Å². The van der Waals surface area contributed by atoms with Gasteiger partial charge in [0.1, 0.15) is 0 Å². The van der Waals surface area contributed by atoms with Crippen molar-refractivity contribution in [1.82, 2.24) is 5.32 Å². The molecule has 1 aliphatic heterocycles. The summed E-state index contributed by atoms with van der Waals surface area (Å²) in [4.78, 5) is 0. The van der Waals surface area contributed by atoms with Gasteiger partial charge in [-0.15, -0.1) is 0 Å². The van der Waals surface area contributed by atoms with E-state index in [4.69, 9.17) is 0 Å². The van der Waals surface area contributed by atoms with Crippen LogP contribution in [0, 0.1) is 0 Å². The third kappa shape index (κ3) is 2.99. The second kappa shape index (κ2) is 5.01. The Morgan fingerprint density at radius 2 is 1.77 bits per heavy atom. The van der Waals surface area contributed by atoms with Crippen molar-refractivity contribution in [2.24, 2.45) is 0 Å².